The smallest absolute Gasteiger partial charge is 0.258 e. The van der Waals surface area contributed by atoms with Gasteiger partial charge in [0, 0.05) is 43.8 Å². The van der Waals surface area contributed by atoms with Crippen LogP contribution in [-0.4, -0.2) is 46.9 Å². The van der Waals surface area contributed by atoms with E-state index in [1.807, 2.05) is 29.2 Å². The molecule has 0 unspecified atom stereocenters. The minimum atomic E-state index is -0.335. The molecule has 30 heavy (non-hydrogen) atoms. The molecule has 1 aliphatic heterocycles. The lowest BCUT2D eigenvalue weighted by Gasteiger charge is -2.38. The van der Waals surface area contributed by atoms with Gasteiger partial charge >= 0.3 is 0 Å². The minimum absolute atomic E-state index is 0.0803. The van der Waals surface area contributed by atoms with E-state index >= 15 is 0 Å². The molecule has 0 saturated carbocycles. The number of nitrogens with zero attached hydrogens (tertiary/aromatic N) is 3. The number of ether oxygens (including phenoxy) is 2. The number of hydrogen-bond acceptors (Lipinski definition) is 5. The second kappa shape index (κ2) is 9.28. The lowest BCUT2D eigenvalue weighted by Crippen LogP contribution is -2.54. The van der Waals surface area contributed by atoms with Gasteiger partial charge in [0.05, 0.1) is 10.7 Å². The Bertz CT molecular complexity index is 1030. The van der Waals surface area contributed by atoms with Crippen LogP contribution in [0.3, 0.4) is 0 Å². The largest absolute Gasteiger partial charge is 0.488 e. The number of halogens is 2. The van der Waals surface area contributed by atoms with Crippen LogP contribution in [0.1, 0.15) is 5.69 Å². The van der Waals surface area contributed by atoms with E-state index in [-0.39, 0.29) is 24.9 Å². The van der Waals surface area contributed by atoms with Crippen LogP contribution in [0.25, 0.3) is 5.69 Å². The average molecular weight is 430 g/mol. The van der Waals surface area contributed by atoms with Crippen LogP contribution in [0.5, 0.6) is 11.5 Å². The fourth-order valence-electron chi connectivity index (χ4n) is 3.19. The first-order valence-electron chi connectivity index (χ1n) is 9.62. The molecule has 3 aromatic rings. The highest BCUT2D eigenvalue weighted by Gasteiger charge is 2.27. The van der Waals surface area contributed by atoms with Gasteiger partial charge in [0.15, 0.2) is 0 Å². The summed E-state index contributed by atoms with van der Waals surface area (Å²) >= 11 is 5.82. The summed E-state index contributed by atoms with van der Waals surface area (Å²) in [6, 6.07) is 14.0. The Hall–Kier alpha value is -2.90. The summed E-state index contributed by atoms with van der Waals surface area (Å²) in [6.07, 6.45) is 3.30. The first-order valence-corrected chi connectivity index (χ1v) is 10.00. The van der Waals surface area contributed by atoms with Crippen molar-refractivity contribution in [1.82, 2.24) is 14.5 Å². The zero-order valence-corrected chi connectivity index (χ0v) is 17.0. The zero-order valence-electron chi connectivity index (χ0n) is 16.2. The highest BCUT2D eigenvalue weighted by molar-refractivity contribution is 6.30. The molecule has 1 aromatic carbocycles. The van der Waals surface area contributed by atoms with Gasteiger partial charge < -0.3 is 9.47 Å². The maximum Gasteiger partial charge on any atom is 0.258 e. The van der Waals surface area contributed by atoms with Gasteiger partial charge in [-0.3, -0.25) is 19.2 Å². The molecule has 2 aromatic heterocycles. The van der Waals surface area contributed by atoms with Crippen LogP contribution in [0, 0.1) is 0 Å². The van der Waals surface area contributed by atoms with Crippen LogP contribution in [-0.2, 0) is 6.61 Å². The third kappa shape index (κ3) is 4.98. The summed E-state index contributed by atoms with van der Waals surface area (Å²) in [7, 11) is 0. The molecule has 4 rings (SSSR count). The number of benzene rings is 1. The number of pyridine rings is 2. The predicted molar refractivity (Wildman–Crippen MR) is 112 cm³/mol. The maximum absolute atomic E-state index is 12.5. The van der Waals surface area contributed by atoms with Crippen molar-refractivity contribution in [3.63, 3.8) is 0 Å². The summed E-state index contributed by atoms with van der Waals surface area (Å²) in [5.41, 5.74) is 1.25. The first kappa shape index (κ1) is 20.4. The molecule has 0 atom stereocenters. The molecule has 0 spiro atoms. The van der Waals surface area contributed by atoms with Crippen molar-refractivity contribution in [2.45, 2.75) is 12.7 Å². The van der Waals surface area contributed by atoms with Gasteiger partial charge in [-0.05, 0) is 42.5 Å². The molecule has 0 bridgehead atoms. The third-order valence-electron chi connectivity index (χ3n) is 4.81. The topological polar surface area (TPSA) is 56.6 Å². The Labute approximate surface area is 178 Å². The molecule has 0 radical (unpaired) electrons. The standard InChI is InChI=1S/C22H21ClFN3O3/c23-16-1-2-17(25-12-16)15-29-20-7-9-27(22(28)11-20)18-3-5-19(6-4-18)30-21-13-26(14-21)10-8-24/h1-7,9,11-12,21H,8,10,13-15H2. The minimum Gasteiger partial charge on any atom is -0.488 e. The molecule has 0 N–H and O–H groups in total. The van der Waals surface area contributed by atoms with E-state index in [1.54, 1.807) is 30.6 Å². The third-order valence-corrected chi connectivity index (χ3v) is 5.03. The fraction of sp³-hybridized carbons (Fsp3) is 0.273. The Morgan fingerprint density at radius 2 is 1.90 bits per heavy atom. The maximum atomic E-state index is 12.5. The average Bonchev–Trinajstić information content (AvgIpc) is 2.73. The quantitative estimate of drug-likeness (QED) is 0.548. The van der Waals surface area contributed by atoms with E-state index in [9.17, 15) is 9.18 Å². The number of alkyl halides is 1. The predicted octanol–water partition coefficient (Wildman–Crippen LogP) is 3.50. The van der Waals surface area contributed by atoms with Gasteiger partial charge in [0.2, 0.25) is 0 Å². The molecule has 1 saturated heterocycles. The highest BCUT2D eigenvalue weighted by Crippen LogP contribution is 2.20. The summed E-state index contributed by atoms with van der Waals surface area (Å²) < 4.78 is 25.3. The van der Waals surface area contributed by atoms with E-state index in [1.165, 1.54) is 10.6 Å². The summed E-state index contributed by atoms with van der Waals surface area (Å²) in [5.74, 6) is 1.20. The van der Waals surface area contributed by atoms with Gasteiger partial charge in [-0.25, -0.2) is 4.39 Å². The highest BCUT2D eigenvalue weighted by atomic mass is 35.5. The van der Waals surface area contributed by atoms with E-state index in [0.717, 1.165) is 30.2 Å². The van der Waals surface area contributed by atoms with E-state index in [4.69, 9.17) is 21.1 Å². The molecule has 1 fully saturated rings. The van der Waals surface area contributed by atoms with Gasteiger partial charge in [0.25, 0.3) is 5.56 Å². The second-order valence-corrected chi connectivity index (χ2v) is 7.45. The van der Waals surface area contributed by atoms with Crippen molar-refractivity contribution in [2.24, 2.45) is 0 Å². The van der Waals surface area contributed by atoms with Gasteiger partial charge in [0.1, 0.15) is 30.9 Å². The Kier molecular flexibility index (Phi) is 6.30. The Morgan fingerprint density at radius 1 is 1.10 bits per heavy atom. The zero-order chi connectivity index (χ0) is 20.9. The number of aromatic nitrogens is 2. The van der Waals surface area contributed by atoms with E-state index in [0.29, 0.717) is 17.3 Å². The number of likely N-dealkylation sites (tertiary alicyclic amines) is 1. The van der Waals surface area contributed by atoms with Crippen molar-refractivity contribution in [3.8, 4) is 17.2 Å². The lowest BCUT2D eigenvalue weighted by atomic mass is 10.1. The van der Waals surface area contributed by atoms with Gasteiger partial charge in [-0.15, -0.1) is 0 Å². The molecule has 0 amide bonds. The number of rotatable bonds is 8. The lowest BCUT2D eigenvalue weighted by molar-refractivity contribution is 0.0168. The van der Waals surface area contributed by atoms with E-state index < -0.39 is 0 Å². The molecular formula is C22H21ClFN3O3. The van der Waals surface area contributed by atoms with E-state index in [2.05, 4.69) is 4.98 Å². The Morgan fingerprint density at radius 3 is 2.57 bits per heavy atom. The van der Waals surface area contributed by atoms with Crippen molar-refractivity contribution in [1.29, 1.82) is 0 Å². The molecule has 0 aliphatic carbocycles. The second-order valence-electron chi connectivity index (χ2n) is 7.01. The van der Waals surface area contributed by atoms with Crippen LogP contribution in [0.2, 0.25) is 5.02 Å². The number of hydrogen-bond donors (Lipinski definition) is 0. The molecule has 1 aliphatic rings. The van der Waals surface area contributed by atoms with Crippen molar-refractivity contribution < 1.29 is 13.9 Å². The molecule has 156 valence electrons. The molecule has 8 heteroatoms. The normalized spacial score (nSPS) is 14.3. The van der Waals surface area contributed by atoms with Gasteiger partial charge in [-0.2, -0.15) is 0 Å². The SMILES string of the molecule is O=c1cc(OCc2ccc(Cl)cn2)ccn1-c1ccc(OC2CN(CCF)C2)cc1. The van der Waals surface area contributed by atoms with Crippen LogP contribution in [0.4, 0.5) is 4.39 Å². The van der Waals surface area contributed by atoms with Crippen molar-refractivity contribution in [2.75, 3.05) is 26.3 Å². The molecule has 3 heterocycles. The van der Waals surface area contributed by atoms with Gasteiger partial charge in [-0.1, -0.05) is 11.6 Å². The molecule has 6 nitrogen and oxygen atoms in total. The Balaban J connectivity index is 1.35. The van der Waals surface area contributed by atoms with Crippen molar-refractivity contribution >= 4 is 11.6 Å². The van der Waals surface area contributed by atoms with Crippen molar-refractivity contribution in [3.05, 3.63) is 82.0 Å². The summed E-state index contributed by atoms with van der Waals surface area (Å²) in [5, 5.41) is 0.559. The monoisotopic (exact) mass is 429 g/mol. The first-order chi connectivity index (χ1) is 14.6. The summed E-state index contributed by atoms with van der Waals surface area (Å²) in [6.45, 7) is 1.84. The fourth-order valence-corrected chi connectivity index (χ4v) is 3.30. The van der Waals surface area contributed by atoms with Crippen LogP contribution >= 0.6 is 11.6 Å². The van der Waals surface area contributed by atoms with Crippen LogP contribution in [0.15, 0.2) is 65.7 Å². The van der Waals surface area contributed by atoms with Crippen LogP contribution < -0.4 is 15.0 Å². The summed E-state index contributed by atoms with van der Waals surface area (Å²) in [4.78, 5) is 18.7. The molecular weight excluding hydrogens is 409 g/mol.